The monoisotopic (exact) mass is 541 g/mol. The quantitative estimate of drug-likeness (QED) is 0.354. The molecule has 9 heteroatoms. The van der Waals surface area contributed by atoms with E-state index >= 15 is 4.39 Å². The van der Waals surface area contributed by atoms with Gasteiger partial charge in [-0.25, -0.2) is 4.39 Å². The third-order valence-corrected chi connectivity index (χ3v) is 7.19. The second kappa shape index (κ2) is 11.3. The van der Waals surface area contributed by atoms with Crippen molar-refractivity contribution < 1.29 is 28.5 Å². The van der Waals surface area contributed by atoms with Crippen molar-refractivity contribution in [2.75, 3.05) is 44.0 Å². The first kappa shape index (κ1) is 28.5. The van der Waals surface area contributed by atoms with Crippen LogP contribution < -0.4 is 24.8 Å². The molecule has 0 atom stereocenters. The van der Waals surface area contributed by atoms with Gasteiger partial charge < -0.3 is 34.5 Å². The second-order valence-corrected chi connectivity index (χ2v) is 11.0. The van der Waals surface area contributed by atoms with E-state index in [1.807, 2.05) is 19.1 Å². The van der Waals surface area contributed by atoms with Crippen molar-refractivity contribution in [3.63, 3.8) is 0 Å². The number of aliphatic hydroxyl groups is 1. The zero-order chi connectivity index (χ0) is 28.5. The lowest BCUT2D eigenvalue weighted by atomic mass is 9.84. The van der Waals surface area contributed by atoms with Crippen LogP contribution in [0.3, 0.4) is 0 Å². The first-order chi connectivity index (χ1) is 18.5. The van der Waals surface area contributed by atoms with Gasteiger partial charge in [0.2, 0.25) is 0 Å². The SMILES string of the molecule is CCOc1cc2cn(CC(=O)c3cc(N4CCC(O)CC4)c(OC)c(C(C)(C)C)c3)c(N)c2c(F)c1OCC. The van der Waals surface area contributed by atoms with Gasteiger partial charge in [0.05, 0.1) is 44.0 Å². The number of piperidine rings is 1. The molecule has 0 saturated carbocycles. The van der Waals surface area contributed by atoms with E-state index in [2.05, 4.69) is 25.7 Å². The molecule has 3 aromatic rings. The van der Waals surface area contributed by atoms with Gasteiger partial charge in [-0.2, -0.15) is 0 Å². The summed E-state index contributed by atoms with van der Waals surface area (Å²) in [6, 6.07) is 5.43. The molecule has 0 amide bonds. The molecule has 1 aromatic heterocycles. The summed E-state index contributed by atoms with van der Waals surface area (Å²) < 4.78 is 34.1. The highest BCUT2D eigenvalue weighted by atomic mass is 19.1. The number of hydrogen-bond acceptors (Lipinski definition) is 7. The van der Waals surface area contributed by atoms with Crippen molar-refractivity contribution in [3.05, 3.63) is 41.3 Å². The Kier molecular flexibility index (Phi) is 8.30. The first-order valence-electron chi connectivity index (χ1n) is 13.5. The predicted octanol–water partition coefficient (Wildman–Crippen LogP) is 5.31. The number of ketones is 1. The number of benzene rings is 2. The number of nitrogens with zero attached hydrogens (tertiary/aromatic N) is 2. The van der Waals surface area contributed by atoms with Crippen molar-refractivity contribution >= 4 is 28.1 Å². The number of nitrogens with two attached hydrogens (primary N) is 1. The largest absolute Gasteiger partial charge is 0.494 e. The maximum Gasteiger partial charge on any atom is 0.197 e. The molecule has 39 heavy (non-hydrogen) atoms. The highest BCUT2D eigenvalue weighted by molar-refractivity contribution is 6.00. The van der Waals surface area contributed by atoms with Crippen LogP contribution >= 0.6 is 0 Å². The summed E-state index contributed by atoms with van der Waals surface area (Å²) in [7, 11) is 1.64. The third-order valence-electron chi connectivity index (χ3n) is 7.19. The molecule has 1 aliphatic rings. The van der Waals surface area contributed by atoms with Gasteiger partial charge in [0, 0.05) is 35.8 Å². The van der Waals surface area contributed by atoms with Gasteiger partial charge in [-0.1, -0.05) is 20.8 Å². The third kappa shape index (κ3) is 5.64. The highest BCUT2D eigenvalue weighted by Crippen LogP contribution is 2.42. The molecule has 212 valence electrons. The molecule has 3 N–H and O–H groups in total. The zero-order valence-electron chi connectivity index (χ0n) is 23.8. The molecule has 0 bridgehead atoms. The van der Waals surface area contributed by atoms with Crippen LogP contribution in [-0.2, 0) is 12.0 Å². The number of anilines is 2. The van der Waals surface area contributed by atoms with Crippen molar-refractivity contribution in [1.29, 1.82) is 0 Å². The molecular formula is C30H40FN3O5. The Labute approximate surface area is 229 Å². The minimum absolute atomic E-state index is 0.0175. The van der Waals surface area contributed by atoms with Crippen molar-refractivity contribution in [3.8, 4) is 17.2 Å². The van der Waals surface area contributed by atoms with Crippen LogP contribution in [-0.4, -0.2) is 55.0 Å². The van der Waals surface area contributed by atoms with E-state index in [4.69, 9.17) is 19.9 Å². The summed E-state index contributed by atoms with van der Waals surface area (Å²) in [5, 5.41) is 10.8. The summed E-state index contributed by atoms with van der Waals surface area (Å²) in [6.45, 7) is 11.7. The van der Waals surface area contributed by atoms with Crippen molar-refractivity contribution in [1.82, 2.24) is 4.57 Å². The maximum atomic E-state index is 15.5. The number of rotatable bonds is 9. The van der Waals surface area contributed by atoms with E-state index in [0.717, 1.165) is 17.0 Å². The van der Waals surface area contributed by atoms with Gasteiger partial charge >= 0.3 is 0 Å². The van der Waals surface area contributed by atoms with Gasteiger partial charge in [-0.15, -0.1) is 0 Å². The van der Waals surface area contributed by atoms with E-state index < -0.39 is 5.82 Å². The maximum absolute atomic E-state index is 15.5. The standard InChI is InChI=1S/C30H40FN3O5/c1-7-38-24-15-19-16-34(29(32)25(19)26(31)28(24)39-8-2)17-23(36)18-13-21(30(3,4)5)27(37-6)22(14-18)33-11-9-20(35)10-12-33/h13-16,20,35H,7-12,17,32H2,1-6H3. The minimum atomic E-state index is -0.601. The summed E-state index contributed by atoms with van der Waals surface area (Å²) in [5.41, 5.74) is 8.36. The molecule has 1 fully saturated rings. The van der Waals surface area contributed by atoms with E-state index in [1.165, 1.54) is 0 Å². The van der Waals surface area contributed by atoms with Crippen molar-refractivity contribution in [2.45, 2.75) is 65.5 Å². The van der Waals surface area contributed by atoms with E-state index in [-0.39, 0.29) is 47.4 Å². The first-order valence-corrected chi connectivity index (χ1v) is 13.5. The van der Waals surface area contributed by atoms with Crippen LogP contribution in [0.4, 0.5) is 15.9 Å². The molecular weight excluding hydrogens is 501 g/mol. The van der Waals surface area contributed by atoms with Crippen LogP contribution in [0.5, 0.6) is 17.2 Å². The molecule has 1 aliphatic heterocycles. The number of halogens is 1. The van der Waals surface area contributed by atoms with Crippen molar-refractivity contribution in [2.24, 2.45) is 0 Å². The average Bonchev–Trinajstić information content (AvgIpc) is 3.20. The Morgan fingerprint density at radius 1 is 1.10 bits per heavy atom. The van der Waals surface area contributed by atoms with E-state index in [0.29, 0.717) is 49.2 Å². The fraction of sp³-hybridized carbons (Fsp3) is 0.500. The Morgan fingerprint density at radius 3 is 2.36 bits per heavy atom. The van der Waals surface area contributed by atoms with Crippen LogP contribution in [0, 0.1) is 5.82 Å². The fourth-order valence-electron chi connectivity index (χ4n) is 5.18. The molecule has 4 rings (SSSR count). The summed E-state index contributed by atoms with van der Waals surface area (Å²) >= 11 is 0. The molecule has 2 aromatic carbocycles. The summed E-state index contributed by atoms with van der Waals surface area (Å²) in [4.78, 5) is 15.9. The number of ether oxygens (including phenoxy) is 3. The Bertz CT molecular complexity index is 1350. The minimum Gasteiger partial charge on any atom is -0.494 e. The number of fused-ring (bicyclic) bond motifs is 1. The number of Topliss-reactive ketones (excluding diaryl/α,β-unsaturated/α-hetero) is 1. The smallest absolute Gasteiger partial charge is 0.197 e. The summed E-state index contributed by atoms with van der Waals surface area (Å²) in [5.74, 6) is 0.433. The molecule has 0 spiro atoms. The molecule has 0 unspecified atom stereocenters. The zero-order valence-corrected chi connectivity index (χ0v) is 23.8. The number of carbonyl (C=O) groups excluding carboxylic acids is 1. The van der Waals surface area contributed by atoms with Gasteiger partial charge in [-0.05, 0) is 50.3 Å². The number of carbonyl (C=O) groups is 1. The highest BCUT2D eigenvalue weighted by Gasteiger charge is 2.29. The molecule has 0 aliphatic carbocycles. The van der Waals surface area contributed by atoms with Gasteiger partial charge in [0.1, 0.15) is 11.6 Å². The number of aliphatic hydroxyl groups excluding tert-OH is 1. The second-order valence-electron chi connectivity index (χ2n) is 11.0. The summed E-state index contributed by atoms with van der Waals surface area (Å²) in [6.07, 6.45) is 2.65. The normalized spacial score (nSPS) is 14.6. The number of hydrogen-bond donors (Lipinski definition) is 2. The topological polar surface area (TPSA) is 99.2 Å². The van der Waals surface area contributed by atoms with Crippen LogP contribution in [0.25, 0.3) is 10.8 Å². The Balaban J connectivity index is 1.76. The number of nitrogen functional groups attached to an aromatic ring is 1. The molecule has 0 radical (unpaired) electrons. The fourth-order valence-corrected chi connectivity index (χ4v) is 5.18. The van der Waals surface area contributed by atoms with Gasteiger partial charge in [0.25, 0.3) is 0 Å². The predicted molar refractivity (Wildman–Crippen MR) is 152 cm³/mol. The van der Waals surface area contributed by atoms with Gasteiger partial charge in [0.15, 0.2) is 23.1 Å². The Hall–Kier alpha value is -3.46. The van der Waals surface area contributed by atoms with E-state index in [1.54, 1.807) is 30.9 Å². The van der Waals surface area contributed by atoms with Crippen LogP contribution in [0.15, 0.2) is 24.4 Å². The lowest BCUT2D eigenvalue weighted by Gasteiger charge is -2.34. The lowest BCUT2D eigenvalue weighted by Crippen LogP contribution is -2.36. The Morgan fingerprint density at radius 2 is 1.77 bits per heavy atom. The van der Waals surface area contributed by atoms with Gasteiger partial charge in [-0.3, -0.25) is 4.79 Å². The average molecular weight is 542 g/mol. The molecule has 1 saturated heterocycles. The van der Waals surface area contributed by atoms with Crippen LogP contribution in [0.2, 0.25) is 0 Å². The number of aromatic nitrogens is 1. The molecule has 8 nitrogen and oxygen atoms in total. The number of methoxy groups -OCH3 is 1. The molecule has 2 heterocycles. The van der Waals surface area contributed by atoms with E-state index in [9.17, 15) is 9.90 Å². The van der Waals surface area contributed by atoms with Crippen LogP contribution in [0.1, 0.15) is 63.4 Å². The lowest BCUT2D eigenvalue weighted by molar-refractivity contribution is 0.0972.